The Morgan fingerprint density at radius 1 is 0.400 bits per heavy atom. The van der Waals surface area contributed by atoms with Gasteiger partial charge in [0, 0.05) is 0 Å². The van der Waals surface area contributed by atoms with Gasteiger partial charge in [-0.05, 0) is 35.4 Å². The Balaban J connectivity index is 1.68. The van der Waals surface area contributed by atoms with Gasteiger partial charge in [-0.3, -0.25) is 0 Å². The molecular weight excluding hydrogens is 244 g/mol. The van der Waals surface area contributed by atoms with E-state index >= 15 is 0 Å². The zero-order valence-electron chi connectivity index (χ0n) is 11.1. The van der Waals surface area contributed by atoms with Crippen LogP contribution in [-0.2, 0) is 0 Å². The van der Waals surface area contributed by atoms with Crippen LogP contribution in [0.4, 0.5) is 11.4 Å². The fourth-order valence-corrected chi connectivity index (χ4v) is 2.04. The third kappa shape index (κ3) is 2.98. The summed E-state index contributed by atoms with van der Waals surface area (Å²) in [6.07, 6.45) is 0. The van der Waals surface area contributed by atoms with Crippen LogP contribution in [0.3, 0.4) is 0 Å². The molecule has 0 unspecified atom stereocenters. The van der Waals surface area contributed by atoms with Crippen molar-refractivity contribution in [1.82, 2.24) is 0 Å². The molecule has 0 aliphatic rings. The predicted molar refractivity (Wildman–Crippen MR) is 85.6 cm³/mol. The molecule has 0 amide bonds. The van der Waals surface area contributed by atoms with Gasteiger partial charge < -0.3 is 10.9 Å². The third-order valence-corrected chi connectivity index (χ3v) is 3.12. The summed E-state index contributed by atoms with van der Waals surface area (Å²) in [5, 5.41) is 0. The summed E-state index contributed by atoms with van der Waals surface area (Å²) in [6, 6.07) is 28.8. The summed E-state index contributed by atoms with van der Waals surface area (Å²) < 4.78 is 0. The topological polar surface area (TPSA) is 24.1 Å². The molecule has 0 heterocycles. The predicted octanol–water partition coefficient (Wildman–Crippen LogP) is 4.79. The number of nitrogens with one attached hydrogen (secondary N) is 2. The Bertz CT molecular complexity index is 646. The Hall–Kier alpha value is -2.74. The average Bonchev–Trinajstić information content (AvgIpc) is 2.55. The number of rotatable bonds is 4. The molecule has 0 aromatic heterocycles. The van der Waals surface area contributed by atoms with Gasteiger partial charge >= 0.3 is 0 Å². The van der Waals surface area contributed by atoms with Crippen LogP contribution in [0.5, 0.6) is 0 Å². The first kappa shape index (κ1) is 12.3. The second kappa shape index (κ2) is 5.93. The van der Waals surface area contributed by atoms with E-state index in [1.807, 2.05) is 36.4 Å². The molecule has 0 saturated heterocycles. The maximum Gasteiger partial charge on any atom is 0.0540 e. The highest BCUT2D eigenvalue weighted by Crippen LogP contribution is 2.21. The van der Waals surface area contributed by atoms with Crippen LogP contribution in [0.2, 0.25) is 0 Å². The molecule has 0 atom stereocenters. The Morgan fingerprint density at radius 2 is 0.850 bits per heavy atom. The van der Waals surface area contributed by atoms with Crippen molar-refractivity contribution in [2.75, 3.05) is 10.9 Å². The Labute approximate surface area is 119 Å². The molecule has 3 rings (SSSR count). The van der Waals surface area contributed by atoms with E-state index in [1.54, 1.807) is 0 Å². The van der Waals surface area contributed by atoms with E-state index in [0.717, 1.165) is 11.4 Å². The SMILES string of the molecule is c1ccc(NNc2ccc(-c3ccccc3)cc2)cc1. The number of hydrogen-bond donors (Lipinski definition) is 2. The number of anilines is 2. The van der Waals surface area contributed by atoms with E-state index in [4.69, 9.17) is 0 Å². The summed E-state index contributed by atoms with van der Waals surface area (Å²) in [5.74, 6) is 0. The normalized spacial score (nSPS) is 10.0. The highest BCUT2D eigenvalue weighted by Gasteiger charge is 1.97. The lowest BCUT2D eigenvalue weighted by Crippen LogP contribution is -2.07. The molecule has 3 aromatic carbocycles. The van der Waals surface area contributed by atoms with Gasteiger partial charge in [-0.2, -0.15) is 0 Å². The molecule has 0 fully saturated rings. The second-order valence-corrected chi connectivity index (χ2v) is 4.56. The van der Waals surface area contributed by atoms with Crippen molar-refractivity contribution in [3.8, 4) is 11.1 Å². The van der Waals surface area contributed by atoms with Crippen molar-refractivity contribution in [3.63, 3.8) is 0 Å². The molecule has 2 heteroatoms. The van der Waals surface area contributed by atoms with E-state index in [2.05, 4.69) is 59.4 Å². The molecule has 3 aromatic rings. The first-order valence-corrected chi connectivity index (χ1v) is 6.64. The largest absolute Gasteiger partial charge is 0.301 e. The summed E-state index contributed by atoms with van der Waals surface area (Å²) in [5.41, 5.74) is 10.9. The molecule has 0 aliphatic heterocycles. The molecule has 0 radical (unpaired) electrons. The molecule has 98 valence electrons. The van der Waals surface area contributed by atoms with Crippen LogP contribution in [0.25, 0.3) is 11.1 Å². The first-order chi connectivity index (χ1) is 9.92. The van der Waals surface area contributed by atoms with Gasteiger partial charge in [0.2, 0.25) is 0 Å². The van der Waals surface area contributed by atoms with Gasteiger partial charge in [0.1, 0.15) is 0 Å². The quantitative estimate of drug-likeness (QED) is 0.659. The van der Waals surface area contributed by atoms with Crippen molar-refractivity contribution >= 4 is 11.4 Å². The van der Waals surface area contributed by atoms with Gasteiger partial charge in [0.15, 0.2) is 0 Å². The zero-order valence-corrected chi connectivity index (χ0v) is 11.1. The van der Waals surface area contributed by atoms with Crippen LogP contribution in [0, 0.1) is 0 Å². The standard InChI is InChI=1S/C18H16N2/c1-3-7-15(8-4-1)16-11-13-18(14-12-16)20-19-17-9-5-2-6-10-17/h1-14,19-20H. The van der Waals surface area contributed by atoms with Crippen molar-refractivity contribution < 1.29 is 0 Å². The van der Waals surface area contributed by atoms with Crippen molar-refractivity contribution in [2.45, 2.75) is 0 Å². The van der Waals surface area contributed by atoms with Crippen LogP contribution in [-0.4, -0.2) is 0 Å². The maximum atomic E-state index is 3.19. The Kier molecular flexibility index (Phi) is 3.65. The minimum Gasteiger partial charge on any atom is -0.301 e. The highest BCUT2D eigenvalue weighted by molar-refractivity contribution is 5.66. The summed E-state index contributed by atoms with van der Waals surface area (Å²) >= 11 is 0. The van der Waals surface area contributed by atoms with Crippen LogP contribution in [0.1, 0.15) is 0 Å². The van der Waals surface area contributed by atoms with Gasteiger partial charge in [-0.25, -0.2) is 0 Å². The Morgan fingerprint density at radius 3 is 1.45 bits per heavy atom. The monoisotopic (exact) mass is 260 g/mol. The lowest BCUT2D eigenvalue weighted by molar-refractivity contribution is 1.41. The van der Waals surface area contributed by atoms with E-state index in [1.165, 1.54) is 11.1 Å². The van der Waals surface area contributed by atoms with Crippen LogP contribution in [0.15, 0.2) is 84.9 Å². The smallest absolute Gasteiger partial charge is 0.0540 e. The van der Waals surface area contributed by atoms with Crippen LogP contribution >= 0.6 is 0 Å². The number of hydrogen-bond acceptors (Lipinski definition) is 2. The lowest BCUT2D eigenvalue weighted by atomic mass is 10.1. The second-order valence-electron chi connectivity index (χ2n) is 4.56. The van der Waals surface area contributed by atoms with Crippen molar-refractivity contribution in [2.24, 2.45) is 0 Å². The van der Waals surface area contributed by atoms with E-state index in [9.17, 15) is 0 Å². The third-order valence-electron chi connectivity index (χ3n) is 3.12. The van der Waals surface area contributed by atoms with E-state index in [-0.39, 0.29) is 0 Å². The van der Waals surface area contributed by atoms with Gasteiger partial charge in [-0.1, -0.05) is 60.7 Å². The van der Waals surface area contributed by atoms with E-state index < -0.39 is 0 Å². The molecule has 2 nitrogen and oxygen atoms in total. The van der Waals surface area contributed by atoms with Gasteiger partial charge in [0.25, 0.3) is 0 Å². The fourth-order valence-electron chi connectivity index (χ4n) is 2.04. The lowest BCUT2D eigenvalue weighted by Gasteiger charge is -2.10. The number of benzene rings is 3. The van der Waals surface area contributed by atoms with Crippen molar-refractivity contribution in [1.29, 1.82) is 0 Å². The molecule has 0 saturated carbocycles. The number of para-hydroxylation sites is 1. The minimum atomic E-state index is 1.04. The molecule has 20 heavy (non-hydrogen) atoms. The van der Waals surface area contributed by atoms with Crippen LogP contribution < -0.4 is 10.9 Å². The van der Waals surface area contributed by atoms with Gasteiger partial charge in [0.05, 0.1) is 11.4 Å². The minimum absolute atomic E-state index is 1.04. The fraction of sp³-hybridized carbons (Fsp3) is 0. The average molecular weight is 260 g/mol. The molecular formula is C18H16N2. The molecule has 0 spiro atoms. The van der Waals surface area contributed by atoms with Gasteiger partial charge in [-0.15, -0.1) is 0 Å². The molecule has 0 bridgehead atoms. The first-order valence-electron chi connectivity index (χ1n) is 6.64. The summed E-state index contributed by atoms with van der Waals surface area (Å²) in [4.78, 5) is 0. The maximum absolute atomic E-state index is 3.19. The molecule has 0 aliphatic carbocycles. The van der Waals surface area contributed by atoms with Crippen molar-refractivity contribution in [3.05, 3.63) is 84.9 Å². The van der Waals surface area contributed by atoms with E-state index in [0.29, 0.717) is 0 Å². The summed E-state index contributed by atoms with van der Waals surface area (Å²) in [6.45, 7) is 0. The molecule has 2 N–H and O–H groups in total. The summed E-state index contributed by atoms with van der Waals surface area (Å²) in [7, 11) is 0. The number of hydrazine groups is 1. The highest BCUT2D eigenvalue weighted by atomic mass is 15.4. The zero-order chi connectivity index (χ0) is 13.6.